The third-order valence-corrected chi connectivity index (χ3v) is 4.96. The first-order valence-electron chi connectivity index (χ1n) is 8.63. The highest BCUT2D eigenvalue weighted by atomic mass is 16.5. The molecule has 132 valence electrons. The van der Waals surface area contributed by atoms with Crippen LogP contribution in [0.2, 0.25) is 0 Å². The van der Waals surface area contributed by atoms with E-state index in [2.05, 4.69) is 29.2 Å². The Labute approximate surface area is 140 Å². The number of hydrogen-bond acceptors (Lipinski definition) is 5. The zero-order valence-corrected chi connectivity index (χ0v) is 15.0. The van der Waals surface area contributed by atoms with Crippen molar-refractivity contribution >= 4 is 5.84 Å². The zero-order valence-electron chi connectivity index (χ0n) is 15.0. The number of rotatable bonds is 6. The highest BCUT2D eigenvalue weighted by Gasteiger charge is 2.35. The SMILES string of the molecule is CNC1=C(C(N)=NCCOC)OC(C2CCN(C)CC2)CC1C. The molecule has 6 heteroatoms. The van der Waals surface area contributed by atoms with E-state index in [1.165, 1.54) is 12.8 Å². The van der Waals surface area contributed by atoms with Gasteiger partial charge in [-0.1, -0.05) is 6.92 Å². The van der Waals surface area contributed by atoms with Gasteiger partial charge < -0.3 is 25.4 Å². The minimum atomic E-state index is 0.238. The van der Waals surface area contributed by atoms with E-state index in [-0.39, 0.29) is 6.10 Å². The van der Waals surface area contributed by atoms with E-state index in [4.69, 9.17) is 15.2 Å². The van der Waals surface area contributed by atoms with Crippen molar-refractivity contribution in [1.82, 2.24) is 10.2 Å². The van der Waals surface area contributed by atoms with Crippen LogP contribution in [0.15, 0.2) is 16.4 Å². The van der Waals surface area contributed by atoms with Gasteiger partial charge in [0.2, 0.25) is 0 Å². The lowest BCUT2D eigenvalue weighted by Gasteiger charge is -2.39. The second-order valence-electron chi connectivity index (χ2n) is 6.69. The Hall–Kier alpha value is -1.27. The topological polar surface area (TPSA) is 72.1 Å². The third-order valence-electron chi connectivity index (χ3n) is 4.96. The van der Waals surface area contributed by atoms with Crippen LogP contribution in [0.25, 0.3) is 0 Å². The predicted molar refractivity (Wildman–Crippen MR) is 93.3 cm³/mol. The normalized spacial score (nSPS) is 27.9. The highest BCUT2D eigenvalue weighted by molar-refractivity contribution is 5.96. The molecule has 0 spiro atoms. The van der Waals surface area contributed by atoms with Crippen molar-refractivity contribution in [2.45, 2.75) is 32.3 Å². The van der Waals surface area contributed by atoms with Gasteiger partial charge in [0, 0.05) is 20.1 Å². The summed E-state index contributed by atoms with van der Waals surface area (Å²) < 4.78 is 11.4. The maximum Gasteiger partial charge on any atom is 0.180 e. The van der Waals surface area contributed by atoms with Crippen molar-refractivity contribution < 1.29 is 9.47 Å². The van der Waals surface area contributed by atoms with E-state index >= 15 is 0 Å². The maximum absolute atomic E-state index is 6.33. The molecule has 2 atom stereocenters. The lowest BCUT2D eigenvalue weighted by Crippen LogP contribution is -2.42. The first kappa shape index (κ1) is 18.1. The molecule has 0 saturated carbocycles. The Morgan fingerprint density at radius 3 is 2.74 bits per heavy atom. The number of ether oxygens (including phenoxy) is 2. The Morgan fingerprint density at radius 1 is 1.43 bits per heavy atom. The molecular formula is C17H32N4O2. The van der Waals surface area contributed by atoms with Gasteiger partial charge >= 0.3 is 0 Å². The van der Waals surface area contributed by atoms with Crippen LogP contribution in [-0.4, -0.2) is 64.3 Å². The molecule has 0 bridgehead atoms. The molecule has 0 aromatic carbocycles. The molecule has 2 rings (SSSR count). The minimum absolute atomic E-state index is 0.238. The second kappa shape index (κ2) is 8.55. The van der Waals surface area contributed by atoms with E-state index in [0.29, 0.717) is 30.8 Å². The Bertz CT molecular complexity index is 442. The van der Waals surface area contributed by atoms with Gasteiger partial charge in [-0.25, -0.2) is 0 Å². The summed E-state index contributed by atoms with van der Waals surface area (Å²) in [6.07, 6.45) is 3.66. The van der Waals surface area contributed by atoms with E-state index in [1.807, 2.05) is 7.05 Å². The monoisotopic (exact) mass is 324 g/mol. The van der Waals surface area contributed by atoms with Gasteiger partial charge in [-0.2, -0.15) is 0 Å². The van der Waals surface area contributed by atoms with Gasteiger partial charge in [0.1, 0.15) is 6.10 Å². The number of hydrogen-bond donors (Lipinski definition) is 2. The average Bonchev–Trinajstić information content (AvgIpc) is 2.55. The molecule has 0 radical (unpaired) electrons. The van der Waals surface area contributed by atoms with Crippen LogP contribution >= 0.6 is 0 Å². The van der Waals surface area contributed by atoms with Crippen LogP contribution in [0.5, 0.6) is 0 Å². The van der Waals surface area contributed by atoms with Gasteiger partial charge in [0.25, 0.3) is 0 Å². The first-order valence-corrected chi connectivity index (χ1v) is 8.63. The fraction of sp³-hybridized carbons (Fsp3) is 0.824. The lowest BCUT2D eigenvalue weighted by molar-refractivity contribution is 0.0139. The van der Waals surface area contributed by atoms with E-state index < -0.39 is 0 Å². The average molecular weight is 324 g/mol. The summed E-state index contributed by atoms with van der Waals surface area (Å²) in [5, 5.41) is 3.26. The van der Waals surface area contributed by atoms with Gasteiger partial charge in [0.05, 0.1) is 18.8 Å². The fourth-order valence-corrected chi connectivity index (χ4v) is 3.53. The smallest absolute Gasteiger partial charge is 0.180 e. The molecule has 23 heavy (non-hydrogen) atoms. The predicted octanol–water partition coefficient (Wildman–Crippen LogP) is 1.19. The van der Waals surface area contributed by atoms with Crippen molar-refractivity contribution in [2.75, 3.05) is 47.4 Å². The lowest BCUT2D eigenvalue weighted by atomic mass is 9.84. The van der Waals surface area contributed by atoms with Crippen molar-refractivity contribution in [3.8, 4) is 0 Å². The molecule has 0 aromatic rings. The number of nitrogens with one attached hydrogen (secondary N) is 1. The van der Waals surface area contributed by atoms with Gasteiger partial charge in [-0.3, -0.25) is 4.99 Å². The van der Waals surface area contributed by atoms with Crippen molar-refractivity contribution in [3.63, 3.8) is 0 Å². The maximum atomic E-state index is 6.33. The summed E-state index contributed by atoms with van der Waals surface area (Å²) in [5.41, 5.74) is 7.26. The molecule has 2 aliphatic rings. The number of allylic oxidation sites excluding steroid dienone is 1. The Kier molecular flexibility index (Phi) is 6.72. The molecule has 3 N–H and O–H groups in total. The molecular weight excluding hydrogens is 292 g/mol. The minimum Gasteiger partial charge on any atom is -0.484 e. The van der Waals surface area contributed by atoms with E-state index in [1.54, 1.807) is 7.11 Å². The van der Waals surface area contributed by atoms with Crippen LogP contribution in [0.3, 0.4) is 0 Å². The molecule has 6 nitrogen and oxygen atoms in total. The summed E-state index contributed by atoms with van der Waals surface area (Å²) >= 11 is 0. The summed E-state index contributed by atoms with van der Waals surface area (Å²) in [7, 11) is 5.78. The number of nitrogens with zero attached hydrogens (tertiary/aromatic N) is 2. The number of likely N-dealkylation sites (tertiary alicyclic amines) is 1. The number of amidine groups is 1. The largest absolute Gasteiger partial charge is 0.484 e. The number of methoxy groups -OCH3 is 1. The molecule has 2 aliphatic heterocycles. The van der Waals surface area contributed by atoms with Crippen LogP contribution in [0.1, 0.15) is 26.2 Å². The number of aliphatic imine (C=N–C) groups is 1. The van der Waals surface area contributed by atoms with Crippen LogP contribution in [-0.2, 0) is 9.47 Å². The van der Waals surface area contributed by atoms with E-state index in [9.17, 15) is 0 Å². The second-order valence-corrected chi connectivity index (χ2v) is 6.69. The summed E-state index contributed by atoms with van der Waals surface area (Å²) in [6.45, 7) is 5.65. The fourth-order valence-electron chi connectivity index (χ4n) is 3.53. The van der Waals surface area contributed by atoms with Crippen molar-refractivity contribution in [2.24, 2.45) is 22.6 Å². The quantitative estimate of drug-likeness (QED) is 0.436. The molecule has 2 unspecified atom stereocenters. The summed E-state index contributed by atoms with van der Waals surface area (Å²) in [4.78, 5) is 6.79. The molecule has 0 aromatic heterocycles. The van der Waals surface area contributed by atoms with Crippen LogP contribution < -0.4 is 11.1 Å². The zero-order chi connectivity index (χ0) is 16.8. The molecule has 0 aliphatic carbocycles. The molecule has 0 amide bonds. The first-order chi connectivity index (χ1) is 11.1. The van der Waals surface area contributed by atoms with Gasteiger partial charge in [-0.05, 0) is 45.3 Å². The third kappa shape index (κ3) is 4.61. The van der Waals surface area contributed by atoms with Crippen LogP contribution in [0, 0.1) is 11.8 Å². The van der Waals surface area contributed by atoms with Crippen molar-refractivity contribution in [1.29, 1.82) is 0 Å². The van der Waals surface area contributed by atoms with Crippen LogP contribution in [0.4, 0.5) is 0 Å². The van der Waals surface area contributed by atoms with E-state index in [0.717, 1.165) is 31.0 Å². The highest BCUT2D eigenvalue weighted by Crippen LogP contribution is 2.34. The molecule has 1 fully saturated rings. The Morgan fingerprint density at radius 2 is 2.13 bits per heavy atom. The number of piperidine rings is 1. The standard InChI is InChI=1S/C17H32N4O2/c1-12-11-14(13-5-8-21(3)9-6-13)23-16(15(12)19-2)17(18)20-7-10-22-4/h12-14,19H,5-11H2,1-4H3,(H2,18,20). The summed E-state index contributed by atoms with van der Waals surface area (Å²) in [6, 6.07) is 0. The molecule has 2 heterocycles. The molecule has 1 saturated heterocycles. The summed E-state index contributed by atoms with van der Waals surface area (Å²) in [5.74, 6) is 2.24. The Balaban J connectivity index is 2.11. The van der Waals surface area contributed by atoms with Gasteiger partial charge in [0.15, 0.2) is 11.6 Å². The van der Waals surface area contributed by atoms with Gasteiger partial charge in [-0.15, -0.1) is 0 Å². The van der Waals surface area contributed by atoms with Crippen molar-refractivity contribution in [3.05, 3.63) is 11.5 Å². The number of nitrogens with two attached hydrogens (primary N) is 1.